The van der Waals surface area contributed by atoms with Crippen LogP contribution in [0.2, 0.25) is 0 Å². The van der Waals surface area contributed by atoms with Crippen LogP contribution >= 0.6 is 0 Å². The molecule has 56 heavy (non-hydrogen) atoms. The van der Waals surface area contributed by atoms with Crippen molar-refractivity contribution in [2.45, 2.75) is 75.2 Å². The van der Waals surface area contributed by atoms with Gasteiger partial charge >= 0.3 is 0 Å². The molecule has 4 amide bonds. The number of nitrogens with zero attached hydrogens (tertiary/aromatic N) is 4. The van der Waals surface area contributed by atoms with E-state index in [2.05, 4.69) is 69.0 Å². The lowest BCUT2D eigenvalue weighted by atomic mass is 9.60. The number of amides is 4. The van der Waals surface area contributed by atoms with Crippen LogP contribution in [-0.4, -0.2) is 83.0 Å². The van der Waals surface area contributed by atoms with E-state index in [-0.39, 0.29) is 41.5 Å². The monoisotopic (exact) mass is 754 g/mol. The first-order valence-corrected chi connectivity index (χ1v) is 19.5. The van der Waals surface area contributed by atoms with Crippen LogP contribution in [0.4, 0.5) is 11.6 Å². The van der Waals surface area contributed by atoms with Crippen LogP contribution in [0, 0.1) is 5.41 Å². The van der Waals surface area contributed by atoms with Crippen molar-refractivity contribution < 1.29 is 33.4 Å². The van der Waals surface area contributed by atoms with E-state index in [1.165, 1.54) is 17.5 Å². The summed E-state index contributed by atoms with van der Waals surface area (Å²) in [6.45, 7) is 3.94. The highest BCUT2D eigenvalue weighted by atomic mass is 16.5. The minimum atomic E-state index is -0.982. The second kappa shape index (κ2) is 13.4. The lowest BCUT2D eigenvalue weighted by Crippen LogP contribution is -2.66. The lowest BCUT2D eigenvalue weighted by molar-refractivity contribution is -0.136. The van der Waals surface area contributed by atoms with E-state index >= 15 is 0 Å². The number of imide groups is 2. The Labute approximate surface area is 323 Å². The summed E-state index contributed by atoms with van der Waals surface area (Å²) >= 11 is 0. The molecule has 1 spiro atoms. The highest BCUT2D eigenvalue weighted by molar-refractivity contribution is 6.23. The predicted octanol–water partition coefficient (Wildman–Crippen LogP) is 4.79. The van der Waals surface area contributed by atoms with E-state index in [0.29, 0.717) is 12.0 Å². The predicted molar refractivity (Wildman–Crippen MR) is 204 cm³/mol. The number of carbonyl (C=O) groups excluding carboxylic acids is 4. The van der Waals surface area contributed by atoms with Gasteiger partial charge in [-0.15, -0.1) is 0 Å². The number of fused-ring (bicyclic) bond motifs is 1. The van der Waals surface area contributed by atoms with E-state index in [9.17, 15) is 19.2 Å². The molecule has 1 unspecified atom stereocenters. The molecule has 13 heteroatoms. The number of hydrogen-bond acceptors (Lipinski definition) is 11. The van der Waals surface area contributed by atoms with Crippen molar-refractivity contribution in [2.75, 3.05) is 36.5 Å². The molecule has 0 radical (unpaired) electrons. The van der Waals surface area contributed by atoms with Crippen LogP contribution in [-0.2, 0) is 26.3 Å². The third-order valence-electron chi connectivity index (χ3n) is 12.5. The molecule has 3 saturated heterocycles. The summed E-state index contributed by atoms with van der Waals surface area (Å²) < 4.78 is 17.9. The smallest absolute Gasteiger partial charge is 0.262 e. The summed E-state index contributed by atoms with van der Waals surface area (Å²) in [7, 11) is 0. The molecule has 13 nitrogen and oxygen atoms in total. The molecule has 4 aliphatic heterocycles. The van der Waals surface area contributed by atoms with Gasteiger partial charge in [0.25, 0.3) is 11.8 Å². The van der Waals surface area contributed by atoms with Crippen molar-refractivity contribution >= 4 is 35.3 Å². The SMILES string of the molecule is O=C1CCC(N2C(=O)c3ccc(N[C@H]4C[C@H](Oc5ccc(C6(c7ccc(OCc8ccnc(N9CC%10(COC%10)C9)n8)cc7)CCC6)cc5)C4)cc3C2=O)C(=O)N1. The van der Waals surface area contributed by atoms with Gasteiger partial charge in [0.2, 0.25) is 17.8 Å². The van der Waals surface area contributed by atoms with Crippen molar-refractivity contribution in [3.8, 4) is 11.5 Å². The van der Waals surface area contributed by atoms with Gasteiger partial charge in [-0.05, 0) is 78.9 Å². The quantitative estimate of drug-likeness (QED) is 0.204. The molecular weight excluding hydrogens is 713 g/mol. The fourth-order valence-electron chi connectivity index (χ4n) is 9.02. The molecule has 0 bridgehead atoms. The van der Waals surface area contributed by atoms with E-state index in [0.717, 1.165) is 85.7 Å². The van der Waals surface area contributed by atoms with E-state index in [1.807, 2.05) is 6.07 Å². The maximum Gasteiger partial charge on any atom is 0.262 e. The highest BCUT2D eigenvalue weighted by Crippen LogP contribution is 2.49. The number of benzene rings is 3. The molecule has 2 aliphatic carbocycles. The third-order valence-corrected chi connectivity index (χ3v) is 12.5. The van der Waals surface area contributed by atoms with Crippen LogP contribution in [0.15, 0.2) is 79.0 Å². The molecule has 5 fully saturated rings. The Balaban J connectivity index is 0.714. The Hall–Kier alpha value is -5.82. The van der Waals surface area contributed by atoms with Gasteiger partial charge in [0.05, 0.1) is 35.4 Å². The average molecular weight is 755 g/mol. The molecule has 4 aromatic rings. The number of anilines is 2. The first-order valence-electron chi connectivity index (χ1n) is 19.5. The van der Waals surface area contributed by atoms with Gasteiger partial charge in [-0.1, -0.05) is 30.7 Å². The van der Waals surface area contributed by atoms with Crippen LogP contribution < -0.4 is 25.0 Å². The van der Waals surface area contributed by atoms with Gasteiger partial charge in [-0.2, -0.15) is 0 Å². The van der Waals surface area contributed by atoms with Crippen molar-refractivity contribution in [1.82, 2.24) is 20.2 Å². The van der Waals surface area contributed by atoms with Crippen molar-refractivity contribution in [3.05, 3.63) is 107 Å². The summed E-state index contributed by atoms with van der Waals surface area (Å²) in [5.74, 6) is 0.367. The number of nitrogens with one attached hydrogen (secondary N) is 2. The van der Waals surface area contributed by atoms with Gasteiger partial charge in [0.15, 0.2) is 0 Å². The van der Waals surface area contributed by atoms with E-state index in [4.69, 9.17) is 19.2 Å². The van der Waals surface area contributed by atoms with Crippen LogP contribution in [0.1, 0.15) is 82.5 Å². The Bertz CT molecular complexity index is 2220. The van der Waals surface area contributed by atoms with Gasteiger partial charge in [0, 0.05) is 55.7 Å². The van der Waals surface area contributed by atoms with Gasteiger partial charge in [0.1, 0.15) is 30.3 Å². The summed E-state index contributed by atoms with van der Waals surface area (Å²) in [4.78, 5) is 62.6. The zero-order valence-corrected chi connectivity index (χ0v) is 30.9. The van der Waals surface area contributed by atoms with Crippen LogP contribution in [0.5, 0.6) is 11.5 Å². The Morgan fingerprint density at radius 2 is 1.57 bits per heavy atom. The second-order valence-corrected chi connectivity index (χ2v) is 16.2. The standard InChI is InChI=1S/C43H42N6O7/c50-37-13-12-36(38(51)47-37)49-39(52)34-11-6-28(20-35(34)40(49)53)45-30-18-33(19-30)56-32-9-4-27(5-10-32)43(15-1-16-43)26-2-7-31(8-3-26)55-21-29-14-17-44-41(46-29)48-22-42(23-48)24-54-25-42/h2-11,14,17,20,30,33,36,45H,1,12-13,15-16,18-19,21-25H2,(H,47,50,51)/t30-,33-,36?. The molecule has 286 valence electrons. The normalized spacial score (nSPS) is 24.3. The number of hydrogen-bond donors (Lipinski definition) is 2. The number of carbonyl (C=O) groups is 4. The first-order chi connectivity index (χ1) is 27.2. The van der Waals surface area contributed by atoms with Crippen LogP contribution in [0.25, 0.3) is 0 Å². The third kappa shape index (κ3) is 6.05. The van der Waals surface area contributed by atoms with Crippen molar-refractivity contribution in [2.24, 2.45) is 5.41 Å². The van der Waals surface area contributed by atoms with E-state index < -0.39 is 29.7 Å². The number of ether oxygens (including phenoxy) is 3. The summed E-state index contributed by atoms with van der Waals surface area (Å²) in [6.07, 6.45) is 7.02. The average Bonchev–Trinajstić information content (AvgIpc) is 3.37. The minimum absolute atomic E-state index is 0.0229. The fourth-order valence-corrected chi connectivity index (χ4v) is 9.02. The molecule has 1 aromatic heterocycles. The number of rotatable bonds is 11. The lowest BCUT2D eigenvalue weighted by Gasteiger charge is -2.54. The number of piperidine rings is 1. The van der Waals surface area contributed by atoms with Gasteiger partial charge in [-0.3, -0.25) is 29.4 Å². The molecule has 5 heterocycles. The number of aromatic nitrogens is 2. The van der Waals surface area contributed by atoms with Gasteiger partial charge < -0.3 is 24.4 Å². The van der Waals surface area contributed by atoms with Gasteiger partial charge in [-0.25, -0.2) is 9.97 Å². The molecular formula is C43H42N6O7. The minimum Gasteiger partial charge on any atom is -0.490 e. The first kappa shape index (κ1) is 34.7. The van der Waals surface area contributed by atoms with Crippen molar-refractivity contribution in [1.29, 1.82) is 0 Å². The maximum absolute atomic E-state index is 13.2. The molecule has 6 aliphatic rings. The Morgan fingerprint density at radius 3 is 2.23 bits per heavy atom. The second-order valence-electron chi connectivity index (χ2n) is 16.2. The summed E-state index contributed by atoms with van der Waals surface area (Å²) in [5.41, 5.74) is 4.97. The van der Waals surface area contributed by atoms with E-state index in [1.54, 1.807) is 24.4 Å². The summed E-state index contributed by atoms with van der Waals surface area (Å²) in [5, 5.41) is 5.69. The fraction of sp³-hybridized carbons (Fsp3) is 0.395. The van der Waals surface area contributed by atoms with Crippen molar-refractivity contribution in [3.63, 3.8) is 0 Å². The zero-order chi connectivity index (χ0) is 38.0. The Kier molecular flexibility index (Phi) is 8.31. The molecule has 2 saturated carbocycles. The zero-order valence-electron chi connectivity index (χ0n) is 30.9. The summed E-state index contributed by atoms with van der Waals surface area (Å²) in [6, 6.07) is 23.2. The van der Waals surface area contributed by atoms with Crippen LogP contribution in [0.3, 0.4) is 0 Å². The largest absolute Gasteiger partial charge is 0.490 e. The molecule has 10 rings (SSSR count). The molecule has 1 atom stereocenters. The maximum atomic E-state index is 13.2. The molecule has 2 N–H and O–H groups in total. The Morgan fingerprint density at radius 1 is 0.857 bits per heavy atom. The highest BCUT2D eigenvalue weighted by Gasteiger charge is 2.50. The topological polar surface area (TPSA) is 152 Å². The molecule has 3 aromatic carbocycles.